The molecule has 1 aromatic carbocycles. The summed E-state index contributed by atoms with van der Waals surface area (Å²) in [5.74, 6) is 0.885. The van der Waals surface area contributed by atoms with Gasteiger partial charge >= 0.3 is 0 Å². The second kappa shape index (κ2) is 7.70. The molecule has 0 aliphatic rings. The van der Waals surface area contributed by atoms with Crippen LogP contribution in [0.5, 0.6) is 5.75 Å². The molecule has 124 valence electrons. The van der Waals surface area contributed by atoms with Gasteiger partial charge in [0.25, 0.3) is 5.91 Å². The standard InChI is InChI=1S/C16H12Cl2N2O3S/c17-10-3-4-12(18)14(6-10)23-8-15-20-13(9-24-15)16(21)19-7-11-2-1-5-22-11/h1-6,9H,7-8H2,(H,19,21). The van der Waals surface area contributed by atoms with Gasteiger partial charge in [0.2, 0.25) is 0 Å². The number of halogens is 2. The number of aromatic nitrogens is 1. The minimum Gasteiger partial charge on any atom is -0.485 e. The lowest BCUT2D eigenvalue weighted by molar-refractivity contribution is 0.0943. The highest BCUT2D eigenvalue weighted by molar-refractivity contribution is 7.09. The molecule has 0 fully saturated rings. The first kappa shape index (κ1) is 16.8. The van der Waals surface area contributed by atoms with Gasteiger partial charge in [-0.1, -0.05) is 23.2 Å². The van der Waals surface area contributed by atoms with Gasteiger partial charge in [0, 0.05) is 16.5 Å². The second-order valence-electron chi connectivity index (χ2n) is 4.75. The average molecular weight is 383 g/mol. The van der Waals surface area contributed by atoms with Gasteiger partial charge in [0.1, 0.15) is 28.8 Å². The predicted octanol–water partition coefficient (Wildman–Crippen LogP) is 4.55. The predicted molar refractivity (Wildman–Crippen MR) is 92.8 cm³/mol. The minimum absolute atomic E-state index is 0.205. The highest BCUT2D eigenvalue weighted by Crippen LogP contribution is 2.28. The monoisotopic (exact) mass is 382 g/mol. The first-order valence-corrected chi connectivity index (χ1v) is 8.58. The Balaban J connectivity index is 1.57. The summed E-state index contributed by atoms with van der Waals surface area (Å²) in [6.07, 6.45) is 1.56. The zero-order chi connectivity index (χ0) is 16.9. The second-order valence-corrected chi connectivity index (χ2v) is 6.54. The number of carbonyl (C=O) groups is 1. The summed E-state index contributed by atoms with van der Waals surface area (Å²) >= 11 is 13.3. The van der Waals surface area contributed by atoms with Crippen LogP contribution in [0.2, 0.25) is 10.0 Å². The van der Waals surface area contributed by atoms with Crippen molar-refractivity contribution in [3.8, 4) is 5.75 Å². The maximum Gasteiger partial charge on any atom is 0.271 e. The lowest BCUT2D eigenvalue weighted by atomic mass is 10.3. The fourth-order valence-electron chi connectivity index (χ4n) is 1.88. The van der Waals surface area contributed by atoms with Gasteiger partial charge in [-0.25, -0.2) is 4.98 Å². The maximum atomic E-state index is 12.0. The lowest BCUT2D eigenvalue weighted by Crippen LogP contribution is -2.22. The smallest absolute Gasteiger partial charge is 0.271 e. The topological polar surface area (TPSA) is 64.4 Å². The zero-order valence-electron chi connectivity index (χ0n) is 12.3. The van der Waals surface area contributed by atoms with Gasteiger partial charge in [-0.15, -0.1) is 11.3 Å². The Morgan fingerprint density at radius 2 is 2.21 bits per heavy atom. The van der Waals surface area contributed by atoms with Crippen molar-refractivity contribution in [3.63, 3.8) is 0 Å². The van der Waals surface area contributed by atoms with Crippen molar-refractivity contribution in [2.75, 3.05) is 0 Å². The molecule has 0 radical (unpaired) electrons. The highest BCUT2D eigenvalue weighted by atomic mass is 35.5. The number of ether oxygens (including phenoxy) is 1. The summed E-state index contributed by atoms with van der Waals surface area (Å²) in [6, 6.07) is 8.53. The summed E-state index contributed by atoms with van der Waals surface area (Å²) in [5, 5.41) is 6.07. The molecular formula is C16H12Cl2N2O3S. The Hall–Kier alpha value is -2.02. The summed E-state index contributed by atoms with van der Waals surface area (Å²) in [4.78, 5) is 16.3. The molecule has 1 N–H and O–H groups in total. The number of hydrogen-bond acceptors (Lipinski definition) is 5. The molecule has 1 amide bonds. The highest BCUT2D eigenvalue weighted by Gasteiger charge is 2.12. The van der Waals surface area contributed by atoms with E-state index in [0.717, 1.165) is 0 Å². The molecule has 0 bridgehead atoms. The molecular weight excluding hydrogens is 371 g/mol. The van der Waals surface area contributed by atoms with Gasteiger partial charge in [-0.2, -0.15) is 0 Å². The van der Waals surface area contributed by atoms with Crippen LogP contribution in [0.25, 0.3) is 0 Å². The van der Waals surface area contributed by atoms with Crippen LogP contribution in [0.15, 0.2) is 46.4 Å². The molecule has 0 saturated heterocycles. The Morgan fingerprint density at radius 1 is 1.33 bits per heavy atom. The van der Waals surface area contributed by atoms with Crippen molar-refractivity contribution in [3.05, 3.63) is 68.5 Å². The number of amides is 1. The molecule has 0 atom stereocenters. The van der Waals surface area contributed by atoms with Gasteiger partial charge in [0.05, 0.1) is 17.8 Å². The Bertz CT molecular complexity index is 834. The van der Waals surface area contributed by atoms with Crippen LogP contribution in [0.4, 0.5) is 0 Å². The van der Waals surface area contributed by atoms with E-state index in [-0.39, 0.29) is 12.5 Å². The van der Waals surface area contributed by atoms with Crippen molar-refractivity contribution in [1.82, 2.24) is 10.3 Å². The third-order valence-electron chi connectivity index (χ3n) is 3.03. The number of carbonyl (C=O) groups excluding carboxylic acids is 1. The maximum absolute atomic E-state index is 12.0. The van der Waals surface area contributed by atoms with E-state index in [1.165, 1.54) is 11.3 Å². The minimum atomic E-state index is -0.269. The molecule has 5 nitrogen and oxygen atoms in total. The molecule has 0 saturated carbocycles. The Labute approximate surface area is 152 Å². The van der Waals surface area contributed by atoms with Crippen LogP contribution in [-0.4, -0.2) is 10.9 Å². The van der Waals surface area contributed by atoms with E-state index in [1.807, 2.05) is 0 Å². The summed E-state index contributed by atoms with van der Waals surface area (Å²) in [6.45, 7) is 0.517. The number of nitrogens with zero attached hydrogens (tertiary/aromatic N) is 1. The third-order valence-corrected chi connectivity index (χ3v) is 4.40. The van der Waals surface area contributed by atoms with Gasteiger partial charge in [-0.05, 0) is 24.3 Å². The van der Waals surface area contributed by atoms with Crippen LogP contribution < -0.4 is 10.1 Å². The van der Waals surface area contributed by atoms with Crippen molar-refractivity contribution in [2.24, 2.45) is 0 Å². The quantitative estimate of drug-likeness (QED) is 0.678. The molecule has 3 rings (SSSR count). The van der Waals surface area contributed by atoms with E-state index in [4.69, 9.17) is 32.4 Å². The van der Waals surface area contributed by atoms with Crippen LogP contribution in [0.1, 0.15) is 21.3 Å². The first-order chi connectivity index (χ1) is 11.6. The van der Waals surface area contributed by atoms with Crippen molar-refractivity contribution >= 4 is 40.4 Å². The number of rotatable bonds is 6. The first-order valence-electron chi connectivity index (χ1n) is 6.94. The molecule has 3 aromatic rings. The molecule has 0 unspecified atom stereocenters. The average Bonchev–Trinajstić information content (AvgIpc) is 3.25. The van der Waals surface area contributed by atoms with Crippen molar-refractivity contribution in [2.45, 2.75) is 13.2 Å². The van der Waals surface area contributed by atoms with E-state index in [2.05, 4.69) is 10.3 Å². The van der Waals surface area contributed by atoms with E-state index in [1.54, 1.807) is 42.0 Å². The molecule has 0 aliphatic carbocycles. The largest absolute Gasteiger partial charge is 0.485 e. The fraction of sp³-hybridized carbons (Fsp3) is 0.125. The number of benzene rings is 1. The van der Waals surface area contributed by atoms with Crippen LogP contribution >= 0.6 is 34.5 Å². The van der Waals surface area contributed by atoms with E-state index < -0.39 is 0 Å². The summed E-state index contributed by atoms with van der Waals surface area (Å²) < 4.78 is 10.8. The molecule has 24 heavy (non-hydrogen) atoms. The Kier molecular flexibility index (Phi) is 5.40. The van der Waals surface area contributed by atoms with E-state index >= 15 is 0 Å². The van der Waals surface area contributed by atoms with Gasteiger partial charge in [-0.3, -0.25) is 4.79 Å². The fourth-order valence-corrected chi connectivity index (χ4v) is 2.90. The lowest BCUT2D eigenvalue weighted by Gasteiger charge is -2.06. The third kappa shape index (κ3) is 4.29. The van der Waals surface area contributed by atoms with Gasteiger partial charge in [0.15, 0.2) is 0 Å². The van der Waals surface area contributed by atoms with E-state index in [9.17, 15) is 4.79 Å². The van der Waals surface area contributed by atoms with Crippen LogP contribution in [0.3, 0.4) is 0 Å². The zero-order valence-corrected chi connectivity index (χ0v) is 14.6. The number of hydrogen-bond donors (Lipinski definition) is 1. The molecule has 2 aromatic heterocycles. The van der Waals surface area contributed by atoms with Crippen molar-refractivity contribution in [1.29, 1.82) is 0 Å². The van der Waals surface area contributed by atoms with E-state index in [0.29, 0.717) is 38.8 Å². The van der Waals surface area contributed by atoms with Crippen LogP contribution in [-0.2, 0) is 13.2 Å². The number of thiazole rings is 1. The molecule has 0 aliphatic heterocycles. The Morgan fingerprint density at radius 3 is 3.00 bits per heavy atom. The van der Waals surface area contributed by atoms with Crippen LogP contribution in [0, 0.1) is 0 Å². The summed E-state index contributed by atoms with van der Waals surface area (Å²) in [5.41, 5.74) is 0.336. The SMILES string of the molecule is O=C(NCc1ccco1)c1csc(COc2cc(Cl)ccc2Cl)n1. The van der Waals surface area contributed by atoms with Gasteiger partial charge < -0.3 is 14.5 Å². The summed E-state index contributed by atoms with van der Waals surface area (Å²) in [7, 11) is 0. The molecule has 2 heterocycles. The van der Waals surface area contributed by atoms with Crippen molar-refractivity contribution < 1.29 is 13.9 Å². The number of nitrogens with one attached hydrogen (secondary N) is 1. The number of furan rings is 1. The normalized spacial score (nSPS) is 10.6. The molecule has 0 spiro atoms. The molecule has 8 heteroatoms.